The Labute approximate surface area is 148 Å². The van der Waals surface area contributed by atoms with Gasteiger partial charge in [0.15, 0.2) is 0 Å². The number of aromatic nitrogens is 2. The summed E-state index contributed by atoms with van der Waals surface area (Å²) in [6.07, 6.45) is 3.30. The molecular weight excluding hydrogens is 316 g/mol. The van der Waals surface area contributed by atoms with Crippen molar-refractivity contribution in [2.75, 3.05) is 19.7 Å². The summed E-state index contributed by atoms with van der Waals surface area (Å²) in [6.45, 7) is 6.29. The summed E-state index contributed by atoms with van der Waals surface area (Å²) in [5.74, 6) is 0.995. The number of urea groups is 1. The zero-order chi connectivity index (χ0) is 17.9. The number of benzene rings is 1. The molecule has 6 nitrogen and oxygen atoms in total. The van der Waals surface area contributed by atoms with Crippen LogP contribution in [0.25, 0.3) is 11.0 Å². The van der Waals surface area contributed by atoms with Gasteiger partial charge < -0.3 is 19.9 Å². The van der Waals surface area contributed by atoms with Gasteiger partial charge in [-0.2, -0.15) is 0 Å². The molecule has 2 amide bonds. The summed E-state index contributed by atoms with van der Waals surface area (Å²) in [4.78, 5) is 19.1. The van der Waals surface area contributed by atoms with Gasteiger partial charge in [0.1, 0.15) is 5.82 Å². The monoisotopic (exact) mass is 344 g/mol. The van der Waals surface area contributed by atoms with Crippen molar-refractivity contribution < 1.29 is 9.90 Å². The number of para-hydroxylation sites is 2. The molecule has 0 bridgehead atoms. The molecule has 1 atom stereocenters. The third-order valence-corrected chi connectivity index (χ3v) is 5.47. The number of rotatable bonds is 6. The molecule has 6 heteroatoms. The first kappa shape index (κ1) is 17.7. The highest BCUT2D eigenvalue weighted by molar-refractivity contribution is 5.76. The molecule has 0 radical (unpaired) electrons. The summed E-state index contributed by atoms with van der Waals surface area (Å²) in [7, 11) is 0. The maximum Gasteiger partial charge on any atom is 0.317 e. The molecule has 0 spiro atoms. The molecule has 1 aromatic heterocycles. The molecule has 0 saturated carbocycles. The van der Waals surface area contributed by atoms with Crippen LogP contribution in [0.5, 0.6) is 0 Å². The first-order valence-corrected chi connectivity index (χ1v) is 9.25. The molecule has 2 heterocycles. The Balaban J connectivity index is 1.64. The summed E-state index contributed by atoms with van der Waals surface area (Å²) in [5, 5.41) is 12.8. The van der Waals surface area contributed by atoms with Gasteiger partial charge in [-0.05, 0) is 38.3 Å². The molecule has 0 unspecified atom stereocenters. The molecule has 2 aromatic rings. The van der Waals surface area contributed by atoms with E-state index in [9.17, 15) is 9.90 Å². The number of aryl methyl sites for hydroxylation is 1. The Bertz CT molecular complexity index is 736. The minimum atomic E-state index is -0.388. The van der Waals surface area contributed by atoms with Crippen LogP contribution >= 0.6 is 0 Å². The van der Waals surface area contributed by atoms with E-state index in [1.165, 1.54) is 0 Å². The van der Waals surface area contributed by atoms with E-state index in [-0.39, 0.29) is 18.2 Å². The van der Waals surface area contributed by atoms with E-state index in [4.69, 9.17) is 4.98 Å². The lowest BCUT2D eigenvalue weighted by atomic mass is 9.94. The third kappa shape index (κ3) is 3.23. The van der Waals surface area contributed by atoms with Crippen molar-refractivity contribution in [3.8, 4) is 0 Å². The van der Waals surface area contributed by atoms with Gasteiger partial charge in [0.05, 0.1) is 23.2 Å². The van der Waals surface area contributed by atoms with Gasteiger partial charge in [0.25, 0.3) is 0 Å². The minimum absolute atomic E-state index is 0.0303. The van der Waals surface area contributed by atoms with Gasteiger partial charge in [0, 0.05) is 26.1 Å². The maximum absolute atomic E-state index is 12.6. The molecule has 3 rings (SSSR count). The number of likely N-dealkylation sites (tertiary alicyclic amines) is 1. The van der Waals surface area contributed by atoms with Crippen LogP contribution in [0, 0.1) is 0 Å². The van der Waals surface area contributed by atoms with E-state index in [1.54, 1.807) is 0 Å². The van der Waals surface area contributed by atoms with Crippen molar-refractivity contribution >= 4 is 17.1 Å². The SMILES string of the molecule is CCn1c(CCNC(=O)N2CCC[C@@]2(CC)CO)nc2ccccc21. The Morgan fingerprint density at radius 1 is 1.36 bits per heavy atom. The normalized spacial score (nSPS) is 20.4. The summed E-state index contributed by atoms with van der Waals surface area (Å²) >= 11 is 0. The average molecular weight is 344 g/mol. The zero-order valence-electron chi connectivity index (χ0n) is 15.2. The number of nitrogens with one attached hydrogen (secondary N) is 1. The zero-order valence-corrected chi connectivity index (χ0v) is 15.2. The van der Waals surface area contributed by atoms with Gasteiger partial charge in [-0.15, -0.1) is 0 Å². The van der Waals surface area contributed by atoms with E-state index in [0.29, 0.717) is 19.5 Å². The molecule has 1 fully saturated rings. The van der Waals surface area contributed by atoms with Crippen LogP contribution in [-0.2, 0) is 13.0 Å². The number of hydrogen-bond donors (Lipinski definition) is 2. The van der Waals surface area contributed by atoms with Crippen LogP contribution in [0.1, 0.15) is 38.9 Å². The van der Waals surface area contributed by atoms with Crippen LogP contribution in [-0.4, -0.2) is 50.8 Å². The fourth-order valence-corrected chi connectivity index (χ4v) is 3.94. The number of imidazole rings is 1. The predicted molar refractivity (Wildman–Crippen MR) is 98.6 cm³/mol. The third-order valence-electron chi connectivity index (χ3n) is 5.47. The van der Waals surface area contributed by atoms with E-state index in [0.717, 1.165) is 42.7 Å². The van der Waals surface area contributed by atoms with Crippen molar-refractivity contribution in [3.63, 3.8) is 0 Å². The molecule has 2 N–H and O–H groups in total. The smallest absolute Gasteiger partial charge is 0.317 e. The van der Waals surface area contributed by atoms with Gasteiger partial charge in [-0.3, -0.25) is 0 Å². The lowest BCUT2D eigenvalue weighted by Crippen LogP contribution is -2.53. The fraction of sp³-hybridized carbons (Fsp3) is 0.579. The maximum atomic E-state index is 12.6. The van der Waals surface area contributed by atoms with E-state index in [1.807, 2.05) is 30.0 Å². The molecule has 0 aliphatic carbocycles. The molecule has 136 valence electrons. The first-order valence-electron chi connectivity index (χ1n) is 9.25. The second-order valence-corrected chi connectivity index (χ2v) is 6.73. The number of aliphatic hydroxyl groups is 1. The minimum Gasteiger partial charge on any atom is -0.394 e. The highest BCUT2D eigenvalue weighted by Crippen LogP contribution is 2.31. The van der Waals surface area contributed by atoms with Crippen molar-refractivity contribution in [1.29, 1.82) is 0 Å². The Morgan fingerprint density at radius 2 is 2.16 bits per heavy atom. The van der Waals surface area contributed by atoms with Crippen molar-refractivity contribution in [2.45, 2.75) is 51.6 Å². The van der Waals surface area contributed by atoms with Crippen molar-refractivity contribution in [2.24, 2.45) is 0 Å². The average Bonchev–Trinajstić information content (AvgIpc) is 3.22. The van der Waals surface area contributed by atoms with E-state index in [2.05, 4.69) is 22.9 Å². The number of fused-ring (bicyclic) bond motifs is 1. The number of carbonyl (C=O) groups excluding carboxylic acids is 1. The van der Waals surface area contributed by atoms with Crippen LogP contribution in [0.3, 0.4) is 0 Å². The summed E-state index contributed by atoms with van der Waals surface area (Å²) < 4.78 is 2.20. The predicted octanol–water partition coefficient (Wildman–Crippen LogP) is 2.55. The lowest BCUT2D eigenvalue weighted by Gasteiger charge is -2.36. The molecule has 1 aliphatic rings. The van der Waals surface area contributed by atoms with Gasteiger partial charge in [-0.1, -0.05) is 19.1 Å². The Morgan fingerprint density at radius 3 is 2.88 bits per heavy atom. The molecule has 1 aliphatic heterocycles. The van der Waals surface area contributed by atoms with Crippen LogP contribution in [0.15, 0.2) is 24.3 Å². The van der Waals surface area contributed by atoms with Gasteiger partial charge in [-0.25, -0.2) is 9.78 Å². The largest absolute Gasteiger partial charge is 0.394 e. The van der Waals surface area contributed by atoms with E-state index >= 15 is 0 Å². The first-order chi connectivity index (χ1) is 12.1. The lowest BCUT2D eigenvalue weighted by molar-refractivity contribution is 0.0811. The highest BCUT2D eigenvalue weighted by atomic mass is 16.3. The number of amides is 2. The van der Waals surface area contributed by atoms with Gasteiger partial charge >= 0.3 is 6.03 Å². The standard InChI is InChI=1S/C19H28N4O2/c1-3-19(14-24)11-7-13-23(19)18(25)20-12-10-17-21-15-8-5-6-9-16(15)22(17)4-2/h5-6,8-9,24H,3-4,7,10-14H2,1-2H3,(H,20,25)/t19-/m0/s1. The van der Waals surface area contributed by atoms with Crippen molar-refractivity contribution in [3.05, 3.63) is 30.1 Å². The highest BCUT2D eigenvalue weighted by Gasteiger charge is 2.41. The topological polar surface area (TPSA) is 70.4 Å². The summed E-state index contributed by atoms with van der Waals surface area (Å²) in [6, 6.07) is 8.04. The number of carbonyl (C=O) groups is 1. The van der Waals surface area contributed by atoms with Crippen molar-refractivity contribution in [1.82, 2.24) is 19.8 Å². The van der Waals surface area contributed by atoms with Crippen LogP contribution < -0.4 is 5.32 Å². The van der Waals surface area contributed by atoms with Gasteiger partial charge in [0.2, 0.25) is 0 Å². The Hall–Kier alpha value is -2.08. The second kappa shape index (κ2) is 7.44. The second-order valence-electron chi connectivity index (χ2n) is 6.73. The number of hydrogen-bond acceptors (Lipinski definition) is 3. The summed E-state index contributed by atoms with van der Waals surface area (Å²) in [5.41, 5.74) is 1.74. The number of nitrogens with zero attached hydrogens (tertiary/aromatic N) is 3. The number of aliphatic hydroxyl groups excluding tert-OH is 1. The van der Waals surface area contributed by atoms with Crippen LogP contribution in [0.2, 0.25) is 0 Å². The van der Waals surface area contributed by atoms with Crippen LogP contribution in [0.4, 0.5) is 4.79 Å². The fourth-order valence-electron chi connectivity index (χ4n) is 3.94. The van der Waals surface area contributed by atoms with E-state index < -0.39 is 0 Å². The molecule has 1 aromatic carbocycles. The quantitative estimate of drug-likeness (QED) is 0.846. The molecular formula is C19H28N4O2. The molecule has 25 heavy (non-hydrogen) atoms. The Kier molecular flexibility index (Phi) is 5.27. The molecule has 1 saturated heterocycles.